The van der Waals surface area contributed by atoms with Crippen LogP contribution in [0.4, 0.5) is 0 Å². The number of rotatable bonds is 6. The minimum Gasteiger partial charge on any atom is -0.507 e. The largest absolute Gasteiger partial charge is 0.507 e. The van der Waals surface area contributed by atoms with Crippen LogP contribution in [-0.2, 0) is 0 Å². The summed E-state index contributed by atoms with van der Waals surface area (Å²) in [6.45, 7) is 5.89. The number of carboxylic acid groups (broad SMARTS) is 1. The third-order valence-corrected chi connectivity index (χ3v) is 2.40. The fraction of sp³-hybridized carbons (Fsp3) is 0.400. The summed E-state index contributed by atoms with van der Waals surface area (Å²) < 4.78 is 0. The molecule has 0 fully saturated rings. The number of phenols is 1. The highest BCUT2D eigenvalue weighted by molar-refractivity contribution is 5.90. The summed E-state index contributed by atoms with van der Waals surface area (Å²) in [5, 5.41) is 17.3. The van der Waals surface area contributed by atoms with Crippen molar-refractivity contribution in [3.63, 3.8) is 0 Å². The topological polar surface area (TPSA) is 57.5 Å². The zero-order valence-electron chi connectivity index (χ0n) is 10.9. The van der Waals surface area contributed by atoms with Crippen molar-refractivity contribution < 1.29 is 15.0 Å². The Morgan fingerprint density at radius 1 is 1.28 bits per heavy atom. The zero-order chi connectivity index (χ0) is 13.8. The van der Waals surface area contributed by atoms with Crippen molar-refractivity contribution in [1.82, 2.24) is 0 Å². The van der Waals surface area contributed by atoms with E-state index < -0.39 is 5.97 Å². The first kappa shape index (κ1) is 16.2. The van der Waals surface area contributed by atoms with Gasteiger partial charge in [0.15, 0.2) is 0 Å². The first-order valence-corrected chi connectivity index (χ1v) is 6.25. The van der Waals surface area contributed by atoms with Crippen LogP contribution < -0.4 is 0 Å². The quantitative estimate of drug-likeness (QED) is 0.586. The molecule has 0 bridgehead atoms. The van der Waals surface area contributed by atoms with Crippen LogP contribution in [0.5, 0.6) is 5.75 Å². The van der Waals surface area contributed by atoms with E-state index in [4.69, 9.17) is 10.2 Å². The number of carboxylic acids is 1. The first-order chi connectivity index (χ1) is 8.63. The maximum absolute atomic E-state index is 10.3. The third kappa shape index (κ3) is 7.49. The molecular weight excluding hydrogens is 228 g/mol. The second kappa shape index (κ2) is 10.4. The molecule has 0 spiro atoms. The number of hydrogen-bond acceptors (Lipinski definition) is 2. The Hall–Kier alpha value is -1.77. The predicted molar refractivity (Wildman–Crippen MR) is 74.0 cm³/mol. The minimum atomic E-state index is -1.11. The van der Waals surface area contributed by atoms with Crippen LogP contribution in [0.1, 0.15) is 49.4 Å². The van der Waals surface area contributed by atoms with Gasteiger partial charge >= 0.3 is 5.97 Å². The van der Waals surface area contributed by atoms with Crippen LogP contribution in [0.3, 0.4) is 0 Å². The average Bonchev–Trinajstić information content (AvgIpc) is 2.36. The van der Waals surface area contributed by atoms with Crippen molar-refractivity contribution in [3.05, 3.63) is 42.5 Å². The van der Waals surface area contributed by atoms with Crippen molar-refractivity contribution >= 4 is 5.97 Å². The average molecular weight is 250 g/mol. The molecule has 100 valence electrons. The predicted octanol–water partition coefficient (Wildman–Crippen LogP) is 4.23. The van der Waals surface area contributed by atoms with Crippen molar-refractivity contribution in [2.24, 2.45) is 0 Å². The van der Waals surface area contributed by atoms with Gasteiger partial charge in [-0.25, -0.2) is 4.79 Å². The number of benzene rings is 1. The van der Waals surface area contributed by atoms with E-state index in [1.807, 2.05) is 6.08 Å². The van der Waals surface area contributed by atoms with E-state index in [2.05, 4.69) is 13.5 Å². The number of aromatic carboxylic acids is 1. The molecule has 2 N–H and O–H groups in total. The molecule has 0 radical (unpaired) electrons. The second-order valence-corrected chi connectivity index (χ2v) is 3.96. The van der Waals surface area contributed by atoms with Gasteiger partial charge in [0, 0.05) is 0 Å². The van der Waals surface area contributed by atoms with Crippen molar-refractivity contribution in [2.75, 3.05) is 0 Å². The van der Waals surface area contributed by atoms with Crippen LogP contribution in [0.15, 0.2) is 36.9 Å². The van der Waals surface area contributed by atoms with Gasteiger partial charge in [-0.2, -0.15) is 0 Å². The normalized spacial score (nSPS) is 9.17. The Balaban J connectivity index is 0.000000331. The van der Waals surface area contributed by atoms with E-state index in [0.717, 1.165) is 0 Å². The Kier molecular flexibility index (Phi) is 9.37. The van der Waals surface area contributed by atoms with Crippen molar-refractivity contribution in [2.45, 2.75) is 39.0 Å². The smallest absolute Gasteiger partial charge is 0.339 e. The van der Waals surface area contributed by atoms with Crippen molar-refractivity contribution in [1.29, 1.82) is 0 Å². The number of carbonyl (C=O) groups is 1. The highest BCUT2D eigenvalue weighted by Gasteiger charge is 2.05. The molecule has 1 aromatic rings. The fourth-order valence-electron chi connectivity index (χ4n) is 1.37. The maximum atomic E-state index is 10.3. The van der Waals surface area contributed by atoms with Crippen LogP contribution in [-0.4, -0.2) is 16.2 Å². The van der Waals surface area contributed by atoms with Gasteiger partial charge in [-0.3, -0.25) is 0 Å². The molecule has 3 heteroatoms. The molecule has 0 unspecified atom stereocenters. The Morgan fingerprint density at radius 2 is 1.94 bits per heavy atom. The van der Waals surface area contributed by atoms with E-state index in [1.165, 1.54) is 44.2 Å². The van der Waals surface area contributed by atoms with Crippen LogP contribution >= 0.6 is 0 Å². The summed E-state index contributed by atoms with van der Waals surface area (Å²) in [5.41, 5.74) is -0.0671. The molecule has 3 nitrogen and oxygen atoms in total. The van der Waals surface area contributed by atoms with Crippen LogP contribution in [0.25, 0.3) is 0 Å². The molecule has 0 aliphatic heterocycles. The highest BCUT2D eigenvalue weighted by atomic mass is 16.4. The van der Waals surface area contributed by atoms with E-state index in [9.17, 15) is 4.79 Å². The van der Waals surface area contributed by atoms with E-state index in [-0.39, 0.29) is 11.3 Å². The molecule has 0 atom stereocenters. The molecule has 1 aromatic carbocycles. The summed E-state index contributed by atoms with van der Waals surface area (Å²) >= 11 is 0. The summed E-state index contributed by atoms with van der Waals surface area (Å²) in [6, 6.07) is 5.81. The molecule has 1 rings (SSSR count). The van der Waals surface area contributed by atoms with Gasteiger partial charge in [-0.1, -0.05) is 44.4 Å². The summed E-state index contributed by atoms with van der Waals surface area (Å²) in [6.07, 6.45) is 8.61. The Bertz CT molecular complexity index is 359. The van der Waals surface area contributed by atoms with E-state index in [1.54, 1.807) is 12.1 Å². The number of para-hydroxylation sites is 1. The first-order valence-electron chi connectivity index (χ1n) is 6.25. The van der Waals surface area contributed by atoms with Gasteiger partial charge in [0.25, 0.3) is 0 Å². The minimum absolute atomic E-state index is 0.0671. The highest BCUT2D eigenvalue weighted by Crippen LogP contribution is 2.14. The van der Waals surface area contributed by atoms with Gasteiger partial charge in [0.1, 0.15) is 11.3 Å². The Morgan fingerprint density at radius 3 is 2.39 bits per heavy atom. The van der Waals surface area contributed by atoms with Crippen molar-refractivity contribution in [3.8, 4) is 5.75 Å². The lowest BCUT2D eigenvalue weighted by molar-refractivity contribution is 0.0694. The lowest BCUT2D eigenvalue weighted by Crippen LogP contribution is -1.95. The zero-order valence-corrected chi connectivity index (χ0v) is 10.9. The third-order valence-electron chi connectivity index (χ3n) is 2.40. The molecule has 0 aliphatic rings. The summed E-state index contributed by atoms with van der Waals surface area (Å²) in [4.78, 5) is 10.3. The molecular formula is C15H22O3. The second-order valence-electron chi connectivity index (χ2n) is 3.96. The van der Waals surface area contributed by atoms with E-state index >= 15 is 0 Å². The van der Waals surface area contributed by atoms with Gasteiger partial charge in [0.2, 0.25) is 0 Å². The lowest BCUT2D eigenvalue weighted by atomic mass is 10.2. The summed E-state index contributed by atoms with van der Waals surface area (Å²) in [7, 11) is 0. The van der Waals surface area contributed by atoms with Crippen LogP contribution in [0.2, 0.25) is 0 Å². The monoisotopic (exact) mass is 250 g/mol. The number of unbranched alkanes of at least 4 members (excludes halogenated alkanes) is 4. The molecule has 0 saturated heterocycles. The summed E-state index contributed by atoms with van der Waals surface area (Å²) in [5.74, 6) is -1.31. The van der Waals surface area contributed by atoms with Crippen LogP contribution in [0, 0.1) is 0 Å². The number of aromatic hydroxyl groups is 1. The molecule has 0 amide bonds. The van der Waals surface area contributed by atoms with Gasteiger partial charge < -0.3 is 10.2 Å². The van der Waals surface area contributed by atoms with Gasteiger partial charge in [-0.05, 0) is 25.0 Å². The number of allylic oxidation sites excluding steroid dienone is 1. The number of hydrogen-bond donors (Lipinski definition) is 2. The van der Waals surface area contributed by atoms with Gasteiger partial charge in [-0.15, -0.1) is 6.58 Å². The molecule has 0 heterocycles. The van der Waals surface area contributed by atoms with E-state index in [0.29, 0.717) is 0 Å². The van der Waals surface area contributed by atoms with Gasteiger partial charge in [0.05, 0.1) is 0 Å². The Labute approximate surface area is 109 Å². The molecule has 0 aromatic heterocycles. The molecule has 0 aliphatic carbocycles. The maximum Gasteiger partial charge on any atom is 0.339 e. The standard InChI is InChI=1S/C8H16.C7H6O3/c1-3-5-7-8-6-4-2;8-6-4-2-1-3-5(6)7(9)10/h3H,1,4-8H2,2H3;1-4,8H,(H,9,10). The molecule has 18 heavy (non-hydrogen) atoms. The lowest BCUT2D eigenvalue weighted by Gasteiger charge is -1.95. The molecule has 0 saturated carbocycles. The SMILES string of the molecule is C=CCCCCCC.O=C(O)c1ccccc1O. The fourth-order valence-corrected chi connectivity index (χ4v) is 1.37.